The van der Waals surface area contributed by atoms with Crippen LogP contribution in [0, 0.1) is 0 Å². The summed E-state index contributed by atoms with van der Waals surface area (Å²) in [5, 5.41) is 4.23. The largest absolute Gasteiger partial charge is 0.491 e. The zero-order chi connectivity index (χ0) is 22.7. The highest BCUT2D eigenvalue weighted by Gasteiger charge is 2.36. The maximum atomic E-state index is 12.7. The highest BCUT2D eigenvalue weighted by atomic mass is 32.2. The number of hydrogen-bond donors (Lipinski definition) is 1. The van der Waals surface area contributed by atoms with Gasteiger partial charge in [0.05, 0.1) is 11.0 Å². The quantitative estimate of drug-likeness (QED) is 0.520. The van der Waals surface area contributed by atoms with Crippen LogP contribution in [0.2, 0.25) is 0 Å². The fourth-order valence-electron chi connectivity index (χ4n) is 3.37. The second-order valence-electron chi connectivity index (χ2n) is 7.58. The molecule has 1 aliphatic rings. The molecule has 1 heterocycles. The summed E-state index contributed by atoms with van der Waals surface area (Å²) in [5.41, 5.74) is 1.41. The molecule has 0 aliphatic carbocycles. The number of ether oxygens (including phenoxy) is 1. The minimum atomic E-state index is -0.476. The minimum Gasteiger partial charge on any atom is -0.491 e. The Bertz CT molecular complexity index is 1210. The molecule has 3 aromatic rings. The van der Waals surface area contributed by atoms with Gasteiger partial charge in [0.2, 0.25) is 5.91 Å². The van der Waals surface area contributed by atoms with Crippen molar-refractivity contribution < 1.29 is 19.1 Å². The summed E-state index contributed by atoms with van der Waals surface area (Å²) in [6.45, 7) is 3.55. The molecular formula is C25H22N2O4S. The molecule has 6 nitrogen and oxygen atoms in total. The molecular weight excluding hydrogens is 424 g/mol. The maximum absolute atomic E-state index is 12.7. The molecule has 1 N–H and O–H groups in total. The van der Waals surface area contributed by atoms with Crippen LogP contribution in [0.1, 0.15) is 19.4 Å². The first kappa shape index (κ1) is 21.6. The summed E-state index contributed by atoms with van der Waals surface area (Å²) in [4.78, 5) is 39.0. The van der Waals surface area contributed by atoms with Crippen LogP contribution in [0.3, 0.4) is 0 Å². The number of nitrogens with zero attached hydrogens (tertiary/aromatic N) is 1. The van der Waals surface area contributed by atoms with Gasteiger partial charge in [0, 0.05) is 11.1 Å². The Morgan fingerprint density at radius 3 is 2.50 bits per heavy atom. The summed E-state index contributed by atoms with van der Waals surface area (Å²) in [6, 6.07) is 20.5. The topological polar surface area (TPSA) is 75.7 Å². The molecule has 4 rings (SSSR count). The van der Waals surface area contributed by atoms with Gasteiger partial charge < -0.3 is 10.1 Å². The van der Waals surface area contributed by atoms with E-state index in [0.29, 0.717) is 5.69 Å². The Morgan fingerprint density at radius 1 is 1.03 bits per heavy atom. The summed E-state index contributed by atoms with van der Waals surface area (Å²) in [7, 11) is 0. The Balaban J connectivity index is 1.44. The molecule has 162 valence electrons. The maximum Gasteiger partial charge on any atom is 0.294 e. The van der Waals surface area contributed by atoms with E-state index < -0.39 is 17.1 Å². The number of amides is 3. The van der Waals surface area contributed by atoms with Crippen LogP contribution in [-0.4, -0.2) is 34.6 Å². The number of fused-ring (bicyclic) bond motifs is 1. The Kier molecular flexibility index (Phi) is 6.28. The highest BCUT2D eigenvalue weighted by molar-refractivity contribution is 8.18. The van der Waals surface area contributed by atoms with Crippen LogP contribution in [0.5, 0.6) is 5.75 Å². The molecule has 1 fully saturated rings. The van der Waals surface area contributed by atoms with Crippen molar-refractivity contribution in [1.29, 1.82) is 0 Å². The van der Waals surface area contributed by atoms with Crippen LogP contribution in [-0.2, 0) is 9.59 Å². The van der Waals surface area contributed by atoms with E-state index in [4.69, 9.17) is 4.74 Å². The van der Waals surface area contributed by atoms with Crippen LogP contribution >= 0.6 is 11.8 Å². The van der Waals surface area contributed by atoms with Gasteiger partial charge >= 0.3 is 0 Å². The molecule has 0 spiro atoms. The summed E-state index contributed by atoms with van der Waals surface area (Å²) >= 11 is 0.830. The molecule has 0 bridgehead atoms. The average Bonchev–Trinajstić information content (AvgIpc) is 3.02. The van der Waals surface area contributed by atoms with Crippen molar-refractivity contribution >= 4 is 51.4 Å². The van der Waals surface area contributed by atoms with Crippen molar-refractivity contribution in [2.24, 2.45) is 0 Å². The first-order valence-electron chi connectivity index (χ1n) is 10.2. The third-order valence-electron chi connectivity index (χ3n) is 4.79. The molecule has 0 atom stereocenters. The number of hydrogen-bond acceptors (Lipinski definition) is 5. The third kappa shape index (κ3) is 4.84. The zero-order valence-electron chi connectivity index (χ0n) is 17.7. The molecule has 0 aromatic heterocycles. The number of benzene rings is 3. The Labute approximate surface area is 190 Å². The summed E-state index contributed by atoms with van der Waals surface area (Å²) < 4.78 is 5.61. The van der Waals surface area contributed by atoms with Crippen molar-refractivity contribution in [1.82, 2.24) is 4.90 Å². The SMILES string of the molecule is CC(C)Oc1ccc(/C=C2\SC(=O)N(CC(=O)Nc3cccc4ccccc34)C2=O)cc1. The summed E-state index contributed by atoms with van der Waals surface area (Å²) in [6.07, 6.45) is 1.71. The van der Waals surface area contributed by atoms with Crippen molar-refractivity contribution in [3.8, 4) is 5.75 Å². The van der Waals surface area contributed by atoms with E-state index in [2.05, 4.69) is 5.32 Å². The van der Waals surface area contributed by atoms with Gasteiger partial charge in [0.1, 0.15) is 12.3 Å². The normalized spacial score (nSPS) is 15.1. The van der Waals surface area contributed by atoms with Gasteiger partial charge in [-0.3, -0.25) is 19.3 Å². The Morgan fingerprint density at radius 2 is 1.75 bits per heavy atom. The minimum absolute atomic E-state index is 0.0670. The Hall–Kier alpha value is -3.58. The lowest BCUT2D eigenvalue weighted by Crippen LogP contribution is -2.36. The predicted molar refractivity (Wildman–Crippen MR) is 127 cm³/mol. The molecule has 0 unspecified atom stereocenters. The van der Waals surface area contributed by atoms with Crippen LogP contribution in [0.25, 0.3) is 16.8 Å². The van der Waals surface area contributed by atoms with E-state index in [9.17, 15) is 14.4 Å². The molecule has 3 amide bonds. The molecule has 32 heavy (non-hydrogen) atoms. The second kappa shape index (κ2) is 9.28. The molecule has 3 aromatic carbocycles. The molecule has 0 saturated carbocycles. The van der Waals surface area contributed by atoms with Crippen LogP contribution in [0.4, 0.5) is 10.5 Å². The number of carbonyl (C=O) groups is 3. The second-order valence-corrected chi connectivity index (χ2v) is 8.57. The fourth-order valence-corrected chi connectivity index (χ4v) is 4.21. The molecule has 7 heteroatoms. The first-order chi connectivity index (χ1) is 15.4. The smallest absolute Gasteiger partial charge is 0.294 e. The lowest BCUT2D eigenvalue weighted by Gasteiger charge is -2.13. The van der Waals surface area contributed by atoms with Gasteiger partial charge in [-0.1, -0.05) is 48.5 Å². The number of carbonyl (C=O) groups excluding carboxylic acids is 3. The van der Waals surface area contributed by atoms with E-state index >= 15 is 0 Å². The molecule has 1 aliphatic heterocycles. The number of anilines is 1. The van der Waals surface area contributed by atoms with Gasteiger partial charge in [-0.25, -0.2) is 0 Å². The van der Waals surface area contributed by atoms with E-state index in [-0.39, 0.29) is 17.6 Å². The number of rotatable bonds is 6. The van der Waals surface area contributed by atoms with Crippen LogP contribution in [0.15, 0.2) is 71.6 Å². The predicted octanol–water partition coefficient (Wildman–Crippen LogP) is 5.30. The van der Waals surface area contributed by atoms with E-state index in [1.807, 2.05) is 74.5 Å². The van der Waals surface area contributed by atoms with Crippen molar-refractivity contribution in [3.05, 3.63) is 77.2 Å². The number of imide groups is 1. The van der Waals surface area contributed by atoms with Gasteiger partial charge in [-0.05, 0) is 60.8 Å². The number of thioether (sulfide) groups is 1. The monoisotopic (exact) mass is 446 g/mol. The number of nitrogens with one attached hydrogen (secondary N) is 1. The molecule has 1 saturated heterocycles. The van der Waals surface area contributed by atoms with Gasteiger partial charge in [-0.2, -0.15) is 0 Å². The van der Waals surface area contributed by atoms with E-state index in [1.165, 1.54) is 0 Å². The summed E-state index contributed by atoms with van der Waals surface area (Å²) in [5.74, 6) is -0.175. The highest BCUT2D eigenvalue weighted by Crippen LogP contribution is 2.32. The van der Waals surface area contributed by atoms with Crippen molar-refractivity contribution in [2.45, 2.75) is 20.0 Å². The van der Waals surface area contributed by atoms with E-state index in [0.717, 1.165) is 38.7 Å². The standard InChI is InChI=1S/C25H22N2O4S/c1-16(2)31-19-12-10-17(11-13-19)14-22-24(29)27(25(30)32-22)15-23(28)26-21-9-5-7-18-6-3-4-8-20(18)21/h3-14,16H,15H2,1-2H3,(H,26,28)/b22-14-. The molecule has 0 radical (unpaired) electrons. The van der Waals surface area contributed by atoms with Gasteiger partial charge in [-0.15, -0.1) is 0 Å². The lowest BCUT2D eigenvalue weighted by molar-refractivity contribution is -0.127. The first-order valence-corrected chi connectivity index (χ1v) is 11.0. The van der Waals surface area contributed by atoms with E-state index in [1.54, 1.807) is 12.1 Å². The van der Waals surface area contributed by atoms with Crippen LogP contribution < -0.4 is 10.1 Å². The fraction of sp³-hybridized carbons (Fsp3) is 0.160. The van der Waals surface area contributed by atoms with Gasteiger partial charge in [0.15, 0.2) is 0 Å². The van der Waals surface area contributed by atoms with Gasteiger partial charge in [0.25, 0.3) is 11.1 Å². The van der Waals surface area contributed by atoms with Crippen molar-refractivity contribution in [3.63, 3.8) is 0 Å². The average molecular weight is 447 g/mol. The lowest BCUT2D eigenvalue weighted by atomic mass is 10.1. The third-order valence-corrected chi connectivity index (χ3v) is 5.70. The van der Waals surface area contributed by atoms with Crippen molar-refractivity contribution in [2.75, 3.05) is 11.9 Å². The zero-order valence-corrected chi connectivity index (χ0v) is 18.5.